The summed E-state index contributed by atoms with van der Waals surface area (Å²) in [6.07, 6.45) is 1.43. The maximum absolute atomic E-state index is 12.4. The van der Waals surface area contributed by atoms with E-state index in [0.29, 0.717) is 26.9 Å². The third-order valence-corrected chi connectivity index (χ3v) is 4.99. The first-order chi connectivity index (χ1) is 13.1. The smallest absolute Gasteiger partial charge is 0.293 e. The Bertz CT molecular complexity index is 1140. The number of carbonyl (C=O) groups is 2. The number of thiazole rings is 1. The van der Waals surface area contributed by atoms with Crippen molar-refractivity contribution in [2.45, 2.75) is 0 Å². The second kappa shape index (κ2) is 7.22. The number of hydrogen-bond donors (Lipinski definition) is 2. The number of aromatic nitrogens is 1. The zero-order valence-corrected chi connectivity index (χ0v) is 15.3. The van der Waals surface area contributed by atoms with Crippen LogP contribution in [0.25, 0.3) is 10.2 Å². The molecule has 0 aliphatic carbocycles. The first-order valence-corrected chi connectivity index (χ1v) is 9.11. The molecule has 0 aliphatic heterocycles. The van der Waals surface area contributed by atoms with Gasteiger partial charge in [0.2, 0.25) is 0 Å². The highest BCUT2D eigenvalue weighted by molar-refractivity contribution is 7.22. The van der Waals surface area contributed by atoms with Crippen LogP contribution in [0.2, 0.25) is 5.02 Å². The van der Waals surface area contributed by atoms with E-state index in [1.54, 1.807) is 54.6 Å². The van der Waals surface area contributed by atoms with Gasteiger partial charge in [-0.25, -0.2) is 4.98 Å². The molecule has 0 fully saturated rings. The Kier molecular flexibility index (Phi) is 4.62. The Morgan fingerprint density at radius 1 is 1.00 bits per heavy atom. The van der Waals surface area contributed by atoms with Gasteiger partial charge in [0.15, 0.2) is 10.9 Å². The molecule has 2 N–H and O–H groups in total. The molecule has 4 rings (SSSR count). The van der Waals surface area contributed by atoms with Crippen LogP contribution in [-0.4, -0.2) is 16.8 Å². The summed E-state index contributed by atoms with van der Waals surface area (Å²) in [6.45, 7) is 0. The highest BCUT2D eigenvalue weighted by atomic mass is 35.5. The zero-order valence-electron chi connectivity index (χ0n) is 13.7. The van der Waals surface area contributed by atoms with E-state index < -0.39 is 0 Å². The molecule has 0 spiro atoms. The number of furan rings is 1. The van der Waals surface area contributed by atoms with Crippen molar-refractivity contribution < 1.29 is 14.0 Å². The summed E-state index contributed by atoms with van der Waals surface area (Å²) in [5.41, 5.74) is 1.72. The van der Waals surface area contributed by atoms with E-state index >= 15 is 0 Å². The molecule has 8 heteroatoms. The molecule has 0 saturated heterocycles. The van der Waals surface area contributed by atoms with Gasteiger partial charge < -0.3 is 9.73 Å². The van der Waals surface area contributed by atoms with Gasteiger partial charge in [0, 0.05) is 5.69 Å². The third kappa shape index (κ3) is 3.69. The average Bonchev–Trinajstić information content (AvgIpc) is 3.31. The molecule has 0 bridgehead atoms. The number of fused-ring (bicyclic) bond motifs is 1. The van der Waals surface area contributed by atoms with E-state index in [1.807, 2.05) is 0 Å². The quantitative estimate of drug-likeness (QED) is 0.504. The van der Waals surface area contributed by atoms with Gasteiger partial charge in [-0.2, -0.15) is 0 Å². The van der Waals surface area contributed by atoms with Crippen molar-refractivity contribution in [3.8, 4) is 0 Å². The Hall–Kier alpha value is -3.16. The largest absolute Gasteiger partial charge is 0.459 e. The molecule has 27 heavy (non-hydrogen) atoms. The Morgan fingerprint density at radius 3 is 2.63 bits per heavy atom. The summed E-state index contributed by atoms with van der Waals surface area (Å²) in [5, 5.41) is 6.35. The minimum atomic E-state index is -0.369. The fourth-order valence-electron chi connectivity index (χ4n) is 2.47. The molecule has 0 aliphatic rings. The van der Waals surface area contributed by atoms with E-state index in [2.05, 4.69) is 15.6 Å². The maximum Gasteiger partial charge on any atom is 0.293 e. The third-order valence-electron chi connectivity index (χ3n) is 3.73. The highest BCUT2D eigenvalue weighted by Gasteiger charge is 2.13. The van der Waals surface area contributed by atoms with Crippen molar-refractivity contribution in [1.29, 1.82) is 0 Å². The van der Waals surface area contributed by atoms with Gasteiger partial charge in [0.25, 0.3) is 11.8 Å². The zero-order chi connectivity index (χ0) is 18.8. The second-order valence-corrected chi connectivity index (χ2v) is 7.00. The van der Waals surface area contributed by atoms with E-state index in [0.717, 1.165) is 4.70 Å². The predicted molar refractivity (Wildman–Crippen MR) is 106 cm³/mol. The van der Waals surface area contributed by atoms with Crippen molar-refractivity contribution in [3.05, 3.63) is 77.2 Å². The molecule has 0 radical (unpaired) electrons. The van der Waals surface area contributed by atoms with Crippen LogP contribution in [-0.2, 0) is 0 Å². The van der Waals surface area contributed by atoms with E-state index in [4.69, 9.17) is 16.0 Å². The summed E-state index contributed by atoms with van der Waals surface area (Å²) < 4.78 is 5.88. The first kappa shape index (κ1) is 17.3. The molecule has 2 heterocycles. The van der Waals surface area contributed by atoms with Crippen molar-refractivity contribution in [1.82, 2.24) is 4.98 Å². The maximum atomic E-state index is 12.4. The van der Waals surface area contributed by atoms with E-state index in [-0.39, 0.29) is 17.6 Å². The lowest BCUT2D eigenvalue weighted by molar-refractivity contribution is 0.0994. The van der Waals surface area contributed by atoms with Gasteiger partial charge in [-0.15, -0.1) is 0 Å². The van der Waals surface area contributed by atoms with Crippen molar-refractivity contribution in [2.24, 2.45) is 0 Å². The molecule has 134 valence electrons. The lowest BCUT2D eigenvalue weighted by atomic mass is 10.2. The summed E-state index contributed by atoms with van der Waals surface area (Å²) in [6, 6.07) is 15.4. The van der Waals surface area contributed by atoms with Crippen molar-refractivity contribution in [3.63, 3.8) is 0 Å². The number of benzene rings is 2. The lowest BCUT2D eigenvalue weighted by Gasteiger charge is -2.06. The summed E-state index contributed by atoms with van der Waals surface area (Å²) in [4.78, 5) is 28.8. The lowest BCUT2D eigenvalue weighted by Crippen LogP contribution is -2.12. The number of hydrogen-bond acceptors (Lipinski definition) is 5. The minimum Gasteiger partial charge on any atom is -0.459 e. The van der Waals surface area contributed by atoms with Crippen LogP contribution < -0.4 is 10.6 Å². The van der Waals surface area contributed by atoms with Crippen LogP contribution in [0, 0.1) is 0 Å². The second-order valence-electron chi connectivity index (χ2n) is 5.57. The fourth-order valence-corrected chi connectivity index (χ4v) is 3.59. The number of carbonyl (C=O) groups excluding carboxylic acids is 2. The molecule has 6 nitrogen and oxygen atoms in total. The van der Waals surface area contributed by atoms with Crippen LogP contribution in [0.15, 0.2) is 65.3 Å². The number of rotatable bonds is 4. The Morgan fingerprint density at radius 2 is 1.85 bits per heavy atom. The molecule has 0 saturated carbocycles. The van der Waals surface area contributed by atoms with Gasteiger partial charge in [0.1, 0.15) is 0 Å². The molecule has 2 aromatic carbocycles. The molecular weight excluding hydrogens is 386 g/mol. The van der Waals surface area contributed by atoms with Crippen LogP contribution in [0.3, 0.4) is 0 Å². The fraction of sp³-hybridized carbons (Fsp3) is 0. The molecule has 0 atom stereocenters. The summed E-state index contributed by atoms with van der Waals surface area (Å²) >= 11 is 7.36. The summed E-state index contributed by atoms with van der Waals surface area (Å²) in [7, 11) is 0. The molecular formula is C19H12ClN3O3S. The van der Waals surface area contributed by atoms with Crippen LogP contribution in [0.5, 0.6) is 0 Å². The Labute approximate surface area is 162 Å². The SMILES string of the molecule is O=C(Nc1nc2ccc(NC(=O)c3ccccc3Cl)cc2s1)c1ccco1. The van der Waals surface area contributed by atoms with Gasteiger partial charge in [-0.3, -0.25) is 14.9 Å². The van der Waals surface area contributed by atoms with Crippen molar-refractivity contribution >= 4 is 55.8 Å². The molecule has 2 aromatic heterocycles. The van der Waals surface area contributed by atoms with Gasteiger partial charge in [0.05, 0.1) is 27.1 Å². The number of nitrogens with zero attached hydrogens (tertiary/aromatic N) is 1. The van der Waals surface area contributed by atoms with Gasteiger partial charge in [-0.05, 0) is 42.5 Å². The van der Waals surface area contributed by atoms with E-state index in [1.165, 1.54) is 17.6 Å². The highest BCUT2D eigenvalue weighted by Crippen LogP contribution is 2.29. The number of nitrogens with one attached hydrogen (secondary N) is 2. The van der Waals surface area contributed by atoms with Crippen LogP contribution in [0.4, 0.5) is 10.8 Å². The number of amides is 2. The van der Waals surface area contributed by atoms with Crippen LogP contribution in [0.1, 0.15) is 20.9 Å². The normalized spacial score (nSPS) is 10.7. The van der Waals surface area contributed by atoms with Gasteiger partial charge in [-0.1, -0.05) is 35.1 Å². The topological polar surface area (TPSA) is 84.2 Å². The molecule has 2 amide bonds. The van der Waals surface area contributed by atoms with Gasteiger partial charge >= 0.3 is 0 Å². The standard InChI is InChI=1S/C19H12ClN3O3S/c20-13-5-2-1-4-12(13)17(24)21-11-7-8-14-16(10-11)27-19(22-14)23-18(25)15-6-3-9-26-15/h1-10H,(H,21,24)(H,22,23,25). The minimum absolute atomic E-state index is 0.210. The average molecular weight is 398 g/mol. The summed E-state index contributed by atoms with van der Waals surface area (Å²) in [5.74, 6) is -0.455. The number of halogens is 1. The van der Waals surface area contributed by atoms with E-state index in [9.17, 15) is 9.59 Å². The van der Waals surface area contributed by atoms with Crippen molar-refractivity contribution in [2.75, 3.05) is 10.6 Å². The predicted octanol–water partition coefficient (Wildman–Crippen LogP) is 5.05. The van der Waals surface area contributed by atoms with Crippen LogP contribution >= 0.6 is 22.9 Å². The number of anilines is 2. The monoisotopic (exact) mass is 397 g/mol. The molecule has 4 aromatic rings. The Balaban J connectivity index is 1.53. The first-order valence-electron chi connectivity index (χ1n) is 7.91. The molecule has 0 unspecified atom stereocenters.